The Morgan fingerprint density at radius 1 is 1.40 bits per heavy atom. The topological polar surface area (TPSA) is 116 Å². The Bertz CT molecular complexity index is 856. The van der Waals surface area contributed by atoms with Gasteiger partial charge in [-0.3, -0.25) is 19.7 Å². The van der Waals surface area contributed by atoms with Crippen molar-refractivity contribution in [3.05, 3.63) is 44.3 Å². The summed E-state index contributed by atoms with van der Waals surface area (Å²) in [7, 11) is 1.55. The van der Waals surface area contributed by atoms with Crippen LogP contribution in [-0.2, 0) is 22.5 Å². The maximum atomic E-state index is 12.7. The Morgan fingerprint density at radius 3 is 2.76 bits per heavy atom. The Balaban J connectivity index is 2.28. The molecule has 134 valence electrons. The van der Waals surface area contributed by atoms with Gasteiger partial charge in [0, 0.05) is 24.7 Å². The molecular weight excluding hydrogens is 344 g/mol. The molecule has 3 N–H and O–H groups in total. The molecule has 0 radical (unpaired) electrons. The summed E-state index contributed by atoms with van der Waals surface area (Å²) in [5, 5.41) is 4.56. The first-order valence-corrected chi connectivity index (χ1v) is 8.45. The highest BCUT2D eigenvalue weighted by Crippen LogP contribution is 2.17. The van der Waals surface area contributed by atoms with Gasteiger partial charge in [-0.05, 0) is 25.5 Å². The van der Waals surface area contributed by atoms with E-state index < -0.39 is 11.8 Å². The number of amides is 2. The third kappa shape index (κ3) is 4.52. The van der Waals surface area contributed by atoms with Crippen molar-refractivity contribution in [3.63, 3.8) is 0 Å². The molecule has 0 saturated heterocycles. The van der Waals surface area contributed by atoms with Crippen LogP contribution in [0.5, 0.6) is 0 Å². The third-order valence-electron chi connectivity index (χ3n) is 3.58. The second-order valence-electron chi connectivity index (χ2n) is 5.53. The zero-order chi connectivity index (χ0) is 18.6. The van der Waals surface area contributed by atoms with Gasteiger partial charge in [0.15, 0.2) is 5.13 Å². The molecule has 25 heavy (non-hydrogen) atoms. The number of hydrogen-bond acceptors (Lipinski definition) is 6. The van der Waals surface area contributed by atoms with E-state index in [0.29, 0.717) is 29.5 Å². The maximum absolute atomic E-state index is 12.7. The van der Waals surface area contributed by atoms with Crippen LogP contribution >= 0.6 is 11.3 Å². The summed E-state index contributed by atoms with van der Waals surface area (Å²) >= 11 is 1.17. The van der Waals surface area contributed by atoms with E-state index in [1.165, 1.54) is 15.9 Å². The van der Waals surface area contributed by atoms with Crippen LogP contribution < -0.4 is 16.6 Å². The molecule has 0 fully saturated rings. The van der Waals surface area contributed by atoms with Crippen LogP contribution in [0.15, 0.2) is 16.2 Å². The average Bonchev–Trinajstić information content (AvgIpc) is 2.92. The summed E-state index contributed by atoms with van der Waals surface area (Å²) in [6, 6.07) is 1.78. The zero-order valence-corrected chi connectivity index (χ0v) is 15.1. The number of pyridine rings is 1. The van der Waals surface area contributed by atoms with E-state index in [4.69, 9.17) is 10.5 Å². The summed E-state index contributed by atoms with van der Waals surface area (Å²) in [5.74, 6) is -1.03. The minimum absolute atomic E-state index is 0.000245. The molecule has 2 rings (SSSR count). The van der Waals surface area contributed by atoms with E-state index in [2.05, 4.69) is 10.3 Å². The second-order valence-corrected chi connectivity index (χ2v) is 6.39. The largest absolute Gasteiger partial charge is 0.383 e. The Morgan fingerprint density at radius 2 is 2.12 bits per heavy atom. The van der Waals surface area contributed by atoms with Gasteiger partial charge in [-0.15, -0.1) is 11.3 Å². The lowest BCUT2D eigenvalue weighted by Crippen LogP contribution is -2.32. The van der Waals surface area contributed by atoms with Crippen LogP contribution in [0.2, 0.25) is 0 Å². The number of primary amides is 1. The Hall–Kier alpha value is -2.52. The number of thiazole rings is 1. The SMILES string of the molecule is COCCn1c(C)cc(C)c(C(=O)Nc2nc(CC(N)=O)cs2)c1=O. The van der Waals surface area contributed by atoms with Crippen LogP contribution in [0.4, 0.5) is 5.13 Å². The Kier molecular flexibility index (Phi) is 6.05. The van der Waals surface area contributed by atoms with Crippen molar-refractivity contribution in [2.24, 2.45) is 5.73 Å². The standard InChI is InChI=1S/C16H20N4O4S/c1-9-6-10(2)20(4-5-24-3)15(23)13(9)14(22)19-16-18-11(8-25-16)7-12(17)21/h6,8H,4-5,7H2,1-3H3,(H2,17,21)(H,18,19,22). The molecule has 0 aliphatic carbocycles. The predicted octanol–water partition coefficient (Wildman–Crippen LogP) is 0.848. The van der Waals surface area contributed by atoms with Gasteiger partial charge in [0.05, 0.1) is 18.7 Å². The summed E-state index contributed by atoms with van der Waals surface area (Å²) in [4.78, 5) is 40.2. The lowest BCUT2D eigenvalue weighted by Gasteiger charge is -2.13. The van der Waals surface area contributed by atoms with E-state index in [1.54, 1.807) is 25.5 Å². The summed E-state index contributed by atoms with van der Waals surface area (Å²) in [6.45, 7) is 4.25. The van der Waals surface area contributed by atoms with Crippen LogP contribution in [0.3, 0.4) is 0 Å². The number of carbonyl (C=O) groups is 2. The molecule has 2 heterocycles. The molecule has 8 nitrogen and oxygen atoms in total. The van der Waals surface area contributed by atoms with Gasteiger partial charge in [-0.2, -0.15) is 0 Å². The number of rotatable bonds is 7. The molecular formula is C16H20N4O4S. The smallest absolute Gasteiger partial charge is 0.263 e. The molecule has 0 aliphatic heterocycles. The lowest BCUT2D eigenvalue weighted by atomic mass is 10.1. The Labute approximate surface area is 148 Å². The summed E-state index contributed by atoms with van der Waals surface area (Å²) in [6.07, 6.45) is -0.000245. The maximum Gasteiger partial charge on any atom is 0.263 e. The van der Waals surface area contributed by atoms with Crippen molar-refractivity contribution in [3.8, 4) is 0 Å². The van der Waals surface area contributed by atoms with Crippen molar-refractivity contribution in [2.75, 3.05) is 19.0 Å². The number of carbonyl (C=O) groups excluding carboxylic acids is 2. The number of nitrogens with two attached hydrogens (primary N) is 1. The van der Waals surface area contributed by atoms with Gasteiger partial charge < -0.3 is 15.0 Å². The fraction of sp³-hybridized carbons (Fsp3) is 0.375. The fourth-order valence-corrected chi connectivity index (χ4v) is 3.15. The molecule has 2 aromatic heterocycles. The first kappa shape index (κ1) is 18.8. The van der Waals surface area contributed by atoms with Gasteiger partial charge in [-0.1, -0.05) is 0 Å². The highest BCUT2D eigenvalue weighted by atomic mass is 32.1. The monoisotopic (exact) mass is 364 g/mol. The van der Waals surface area contributed by atoms with Gasteiger partial charge in [0.1, 0.15) is 5.56 Å². The van der Waals surface area contributed by atoms with Gasteiger partial charge in [0.2, 0.25) is 5.91 Å². The van der Waals surface area contributed by atoms with E-state index in [9.17, 15) is 14.4 Å². The normalized spacial score (nSPS) is 10.7. The molecule has 0 bridgehead atoms. The number of ether oxygens (including phenoxy) is 1. The molecule has 0 unspecified atom stereocenters. The fourth-order valence-electron chi connectivity index (χ4n) is 2.45. The van der Waals surface area contributed by atoms with Gasteiger partial charge in [-0.25, -0.2) is 4.98 Å². The predicted molar refractivity (Wildman–Crippen MR) is 95.0 cm³/mol. The van der Waals surface area contributed by atoms with Crippen LogP contribution in [0, 0.1) is 13.8 Å². The van der Waals surface area contributed by atoms with Crippen molar-refractivity contribution >= 4 is 28.3 Å². The molecule has 0 atom stereocenters. The minimum Gasteiger partial charge on any atom is -0.383 e. The van der Waals surface area contributed by atoms with E-state index in [1.807, 2.05) is 6.92 Å². The number of nitrogens with one attached hydrogen (secondary N) is 1. The highest BCUT2D eigenvalue weighted by Gasteiger charge is 2.19. The van der Waals surface area contributed by atoms with Crippen LogP contribution in [0.1, 0.15) is 27.3 Å². The zero-order valence-electron chi connectivity index (χ0n) is 14.3. The highest BCUT2D eigenvalue weighted by molar-refractivity contribution is 7.14. The van der Waals surface area contributed by atoms with E-state index in [-0.39, 0.29) is 17.5 Å². The van der Waals surface area contributed by atoms with Crippen molar-refractivity contribution in [1.82, 2.24) is 9.55 Å². The molecule has 0 aromatic carbocycles. The van der Waals surface area contributed by atoms with Crippen LogP contribution in [0.25, 0.3) is 0 Å². The van der Waals surface area contributed by atoms with Gasteiger partial charge >= 0.3 is 0 Å². The molecule has 0 aliphatic rings. The third-order valence-corrected chi connectivity index (χ3v) is 4.38. The second kappa shape index (κ2) is 8.04. The molecule has 0 spiro atoms. The number of aryl methyl sites for hydroxylation is 2. The number of hydrogen-bond donors (Lipinski definition) is 2. The van der Waals surface area contributed by atoms with E-state index >= 15 is 0 Å². The van der Waals surface area contributed by atoms with Crippen molar-refractivity contribution in [2.45, 2.75) is 26.8 Å². The molecule has 2 aromatic rings. The first-order valence-electron chi connectivity index (χ1n) is 7.57. The summed E-state index contributed by atoms with van der Waals surface area (Å²) in [5.41, 5.74) is 6.63. The van der Waals surface area contributed by atoms with Crippen LogP contribution in [-0.4, -0.2) is 35.1 Å². The number of anilines is 1. The number of nitrogens with zero attached hydrogens (tertiary/aromatic N) is 2. The lowest BCUT2D eigenvalue weighted by molar-refractivity contribution is -0.117. The molecule has 9 heteroatoms. The number of aromatic nitrogens is 2. The molecule has 2 amide bonds. The quantitative estimate of drug-likeness (QED) is 0.755. The minimum atomic E-state index is -0.534. The van der Waals surface area contributed by atoms with E-state index in [0.717, 1.165) is 5.69 Å². The first-order chi connectivity index (χ1) is 11.8. The average molecular weight is 364 g/mol. The van der Waals surface area contributed by atoms with Crippen molar-refractivity contribution < 1.29 is 14.3 Å². The molecule has 0 saturated carbocycles. The number of methoxy groups -OCH3 is 1. The van der Waals surface area contributed by atoms with Gasteiger partial charge in [0.25, 0.3) is 11.5 Å². The summed E-state index contributed by atoms with van der Waals surface area (Å²) < 4.78 is 6.52. The van der Waals surface area contributed by atoms with Crippen molar-refractivity contribution in [1.29, 1.82) is 0 Å².